The van der Waals surface area contributed by atoms with E-state index < -0.39 is 60.7 Å². The molecule has 0 amide bonds. The van der Waals surface area contributed by atoms with Crippen molar-refractivity contribution in [1.29, 1.82) is 0 Å². The summed E-state index contributed by atoms with van der Waals surface area (Å²) in [6.45, 7) is 4.09. The number of esters is 1. The van der Waals surface area contributed by atoms with Crippen LogP contribution in [0.25, 0.3) is 0 Å². The van der Waals surface area contributed by atoms with Crippen molar-refractivity contribution < 1.29 is 54.6 Å². The van der Waals surface area contributed by atoms with E-state index >= 15 is 0 Å². The number of carbonyl (C=O) groups is 1. The molecule has 8 nitrogen and oxygen atoms in total. The summed E-state index contributed by atoms with van der Waals surface area (Å²) < 4.78 is 107. The molecule has 2 atom stereocenters. The third-order valence-electron chi connectivity index (χ3n) is 4.01. The zero-order valence-electron chi connectivity index (χ0n) is 17.3. The molecule has 0 unspecified atom stereocenters. The van der Waals surface area contributed by atoms with Crippen LogP contribution in [0.4, 0.5) is 22.0 Å². The van der Waals surface area contributed by atoms with E-state index in [2.05, 4.69) is 9.61 Å². The van der Waals surface area contributed by atoms with Crippen molar-refractivity contribution >= 4 is 13.7 Å². The summed E-state index contributed by atoms with van der Waals surface area (Å²) in [6.07, 6.45) is -0.577. The fourth-order valence-corrected chi connectivity index (χ4v) is 4.07. The van der Waals surface area contributed by atoms with Gasteiger partial charge in [-0.15, -0.1) is 0 Å². The molecule has 0 saturated carbocycles. The van der Waals surface area contributed by atoms with E-state index in [1.165, 1.54) is 32.0 Å². The third kappa shape index (κ3) is 5.31. The van der Waals surface area contributed by atoms with E-state index in [1.807, 2.05) is 0 Å². The molecule has 0 saturated heterocycles. The van der Waals surface area contributed by atoms with Gasteiger partial charge in [-0.05, 0) is 32.9 Å². The lowest BCUT2D eigenvalue weighted by Gasteiger charge is -2.24. The normalized spacial score (nSPS) is 15.2. The topological polar surface area (TPSA) is 92.3 Å². The highest BCUT2D eigenvalue weighted by molar-refractivity contribution is 7.52. The maximum Gasteiger partial charge on any atom is 0.513 e. The van der Waals surface area contributed by atoms with Gasteiger partial charge in [-0.3, -0.25) is 4.79 Å². The van der Waals surface area contributed by atoms with E-state index in [4.69, 9.17) is 18.7 Å². The van der Waals surface area contributed by atoms with E-state index in [1.54, 1.807) is 0 Å². The second kappa shape index (κ2) is 9.44. The number of hydrogen-bond acceptors (Lipinski definition) is 7. The van der Waals surface area contributed by atoms with Gasteiger partial charge in [-0.2, -0.15) is 13.9 Å². The van der Waals surface area contributed by atoms with Gasteiger partial charge in [0.2, 0.25) is 41.6 Å². The Morgan fingerprint density at radius 2 is 1.52 bits per heavy atom. The van der Waals surface area contributed by atoms with Crippen molar-refractivity contribution in [2.45, 2.75) is 32.9 Å². The number of halogens is 5. The van der Waals surface area contributed by atoms with Crippen LogP contribution < -0.4 is 23.6 Å². The van der Waals surface area contributed by atoms with Crippen LogP contribution in [0.1, 0.15) is 20.8 Å². The summed E-state index contributed by atoms with van der Waals surface area (Å²) in [7, 11) is -5.03. The quantitative estimate of drug-likeness (QED) is 0.186. The van der Waals surface area contributed by atoms with Gasteiger partial charge in [-0.25, -0.2) is 17.7 Å². The summed E-state index contributed by atoms with van der Waals surface area (Å²) in [6, 6.07) is 2.28. The number of benzene rings is 2. The molecule has 0 fully saturated rings. The number of fused-ring (bicyclic) bond motifs is 1. The predicted octanol–water partition coefficient (Wildman–Crippen LogP) is 4.61. The van der Waals surface area contributed by atoms with Crippen LogP contribution in [0.2, 0.25) is 0 Å². The predicted molar refractivity (Wildman–Crippen MR) is 101 cm³/mol. The molecular weight excluding hydrogens is 480 g/mol. The van der Waals surface area contributed by atoms with Crippen molar-refractivity contribution in [3.8, 4) is 23.0 Å². The molecule has 3 rings (SSSR count). The first-order valence-electron chi connectivity index (χ1n) is 9.30. The molecule has 1 heterocycles. The Bertz CT molecular complexity index is 1100. The third-order valence-corrected chi connectivity index (χ3v) is 5.59. The lowest BCUT2D eigenvalue weighted by molar-refractivity contribution is -0.149. The van der Waals surface area contributed by atoms with Gasteiger partial charge in [0.05, 0.1) is 6.10 Å². The van der Waals surface area contributed by atoms with Crippen molar-refractivity contribution in [3.05, 3.63) is 47.3 Å². The van der Waals surface area contributed by atoms with Crippen LogP contribution >= 0.6 is 7.75 Å². The molecule has 2 aromatic carbocycles. The minimum atomic E-state index is -5.03. The molecule has 1 N–H and O–H groups in total. The Kier molecular flexibility index (Phi) is 7.03. The van der Waals surface area contributed by atoms with Crippen LogP contribution in [-0.2, 0) is 14.1 Å². The largest absolute Gasteiger partial charge is 0.513 e. The van der Waals surface area contributed by atoms with Crippen molar-refractivity contribution in [3.63, 3.8) is 0 Å². The Morgan fingerprint density at radius 3 is 2.12 bits per heavy atom. The standard InChI is InChI=1S/C19H17F5NO7P/c1-8(2)30-19(26)9(3)25-33(27,31-10-4-5-11-12(6-10)29-7-28-11)32-18-16(23)14(21)13(20)15(22)17(18)24/h4-6,8-9H,7H2,1-3H3,(H,25,27)/t9-,33-/m0/s1. The maximum absolute atomic E-state index is 14.1. The van der Waals surface area contributed by atoms with Crippen LogP contribution in [0.3, 0.4) is 0 Å². The number of hydrogen-bond donors (Lipinski definition) is 1. The van der Waals surface area contributed by atoms with Gasteiger partial charge in [0.15, 0.2) is 11.5 Å². The second-order valence-corrected chi connectivity index (χ2v) is 8.55. The Hall–Kier alpha value is -3.05. The molecule has 33 heavy (non-hydrogen) atoms. The van der Waals surface area contributed by atoms with E-state index in [0.717, 1.165) is 6.92 Å². The molecule has 0 spiro atoms. The summed E-state index contributed by atoms with van der Waals surface area (Å²) in [5, 5.41) is 2.06. The fourth-order valence-electron chi connectivity index (χ4n) is 2.55. The average Bonchev–Trinajstić information content (AvgIpc) is 3.21. The van der Waals surface area contributed by atoms with Crippen LogP contribution in [-0.4, -0.2) is 24.9 Å². The highest BCUT2D eigenvalue weighted by atomic mass is 31.2. The minimum absolute atomic E-state index is 0.117. The Balaban J connectivity index is 1.98. The maximum atomic E-state index is 14.1. The van der Waals surface area contributed by atoms with Gasteiger partial charge in [0.25, 0.3) is 0 Å². The number of rotatable bonds is 8. The second-order valence-electron chi connectivity index (χ2n) is 6.93. The molecule has 14 heteroatoms. The van der Waals surface area contributed by atoms with E-state index in [-0.39, 0.29) is 18.3 Å². The first-order valence-corrected chi connectivity index (χ1v) is 10.8. The smallest absolute Gasteiger partial charge is 0.462 e. The van der Waals surface area contributed by atoms with Crippen LogP contribution in [0.5, 0.6) is 23.0 Å². The van der Waals surface area contributed by atoms with Crippen molar-refractivity contribution in [2.75, 3.05) is 6.79 Å². The van der Waals surface area contributed by atoms with Crippen molar-refractivity contribution in [2.24, 2.45) is 0 Å². The summed E-state index contributed by atoms with van der Waals surface area (Å²) in [4.78, 5) is 12.1. The summed E-state index contributed by atoms with van der Waals surface area (Å²) >= 11 is 0. The highest BCUT2D eigenvalue weighted by Gasteiger charge is 2.38. The van der Waals surface area contributed by atoms with E-state index in [0.29, 0.717) is 5.75 Å². The fraction of sp³-hybridized carbons (Fsp3) is 0.316. The molecule has 1 aliphatic rings. The first kappa shape index (κ1) is 24.6. The van der Waals surface area contributed by atoms with E-state index in [9.17, 15) is 31.3 Å². The Morgan fingerprint density at radius 1 is 0.939 bits per heavy atom. The zero-order valence-corrected chi connectivity index (χ0v) is 18.2. The monoisotopic (exact) mass is 497 g/mol. The molecule has 2 aromatic rings. The zero-order chi connectivity index (χ0) is 24.5. The lowest BCUT2D eigenvalue weighted by Crippen LogP contribution is -2.37. The number of carbonyl (C=O) groups excluding carboxylic acids is 1. The van der Waals surface area contributed by atoms with Gasteiger partial charge in [-0.1, -0.05) is 0 Å². The van der Waals surface area contributed by atoms with Gasteiger partial charge >= 0.3 is 13.7 Å². The summed E-state index contributed by atoms with van der Waals surface area (Å²) in [5.74, 6) is -14.5. The molecule has 180 valence electrons. The Labute approximate surface area is 184 Å². The van der Waals surface area contributed by atoms with Crippen LogP contribution in [0, 0.1) is 29.1 Å². The van der Waals surface area contributed by atoms with Crippen LogP contribution in [0.15, 0.2) is 18.2 Å². The highest BCUT2D eigenvalue weighted by Crippen LogP contribution is 2.49. The average molecular weight is 497 g/mol. The first-order chi connectivity index (χ1) is 15.4. The lowest BCUT2D eigenvalue weighted by atomic mass is 10.3. The van der Waals surface area contributed by atoms with Crippen molar-refractivity contribution in [1.82, 2.24) is 5.09 Å². The summed E-state index contributed by atoms with van der Waals surface area (Å²) in [5.41, 5.74) is 0. The molecule has 0 radical (unpaired) electrons. The SMILES string of the molecule is CC(C)OC(=O)[C@H](C)N[P@](=O)(Oc1ccc2c(c1)OCO2)Oc1c(F)c(F)c(F)c(F)c1F. The number of ether oxygens (including phenoxy) is 3. The minimum Gasteiger partial charge on any atom is -0.462 e. The van der Waals surface area contributed by atoms with Gasteiger partial charge < -0.3 is 23.3 Å². The number of nitrogens with one attached hydrogen (secondary N) is 1. The van der Waals surface area contributed by atoms with Gasteiger partial charge in [0.1, 0.15) is 11.8 Å². The molecule has 0 aliphatic carbocycles. The molecule has 0 aromatic heterocycles. The molecule has 1 aliphatic heterocycles. The molecular formula is C19H17F5NO7P. The van der Waals surface area contributed by atoms with Gasteiger partial charge in [0, 0.05) is 6.07 Å². The molecule has 0 bridgehead atoms.